The predicted molar refractivity (Wildman–Crippen MR) is 79.3 cm³/mol. The molecular weight excluding hydrogens is 218 g/mol. The van der Waals surface area contributed by atoms with Crippen molar-refractivity contribution in [1.29, 1.82) is 0 Å². The molecule has 0 atom stereocenters. The van der Waals surface area contributed by atoms with Gasteiger partial charge in [0.15, 0.2) is 0 Å². The first kappa shape index (κ1) is 13.1. The number of hydrogen-bond donors (Lipinski definition) is 0. The summed E-state index contributed by atoms with van der Waals surface area (Å²) in [6.07, 6.45) is 6.79. The molecule has 1 nitrogen and oxygen atoms in total. The van der Waals surface area contributed by atoms with E-state index in [1.54, 1.807) is 0 Å². The molecule has 1 aromatic heterocycles. The molecule has 0 saturated carbocycles. The standard InChI is InChI=1S/C17H23N/c1-11(2)8-13(4)17-14(5)9-15(10-18-17)16-7-6-12(16)3/h8-11H,6-7H2,1-5H3/b13-8-. The van der Waals surface area contributed by atoms with Crippen LogP contribution in [0.15, 0.2) is 23.9 Å². The largest absolute Gasteiger partial charge is 0.256 e. The number of nitrogens with zero attached hydrogens (tertiary/aromatic N) is 1. The van der Waals surface area contributed by atoms with E-state index in [2.05, 4.69) is 51.7 Å². The molecule has 0 aliphatic heterocycles. The molecule has 1 aliphatic rings. The topological polar surface area (TPSA) is 12.9 Å². The van der Waals surface area contributed by atoms with Gasteiger partial charge in [0.25, 0.3) is 0 Å². The highest BCUT2D eigenvalue weighted by molar-refractivity contribution is 5.74. The summed E-state index contributed by atoms with van der Waals surface area (Å²) in [5.41, 5.74) is 8.06. The lowest BCUT2D eigenvalue weighted by molar-refractivity contribution is 0.832. The van der Waals surface area contributed by atoms with Gasteiger partial charge in [-0.1, -0.05) is 25.5 Å². The zero-order valence-corrected chi connectivity index (χ0v) is 12.2. The molecule has 0 spiro atoms. The average Bonchev–Trinajstić information content (AvgIpc) is 2.26. The van der Waals surface area contributed by atoms with Crippen LogP contribution in [0.1, 0.15) is 57.4 Å². The molecule has 18 heavy (non-hydrogen) atoms. The second-order valence-electron chi connectivity index (χ2n) is 5.74. The van der Waals surface area contributed by atoms with Crippen LogP contribution in [0.2, 0.25) is 0 Å². The van der Waals surface area contributed by atoms with E-state index in [4.69, 9.17) is 0 Å². The maximum absolute atomic E-state index is 4.67. The van der Waals surface area contributed by atoms with Gasteiger partial charge in [-0.15, -0.1) is 0 Å². The Bertz CT molecular complexity index is 518. The molecule has 1 heterocycles. The van der Waals surface area contributed by atoms with Gasteiger partial charge in [0, 0.05) is 6.20 Å². The van der Waals surface area contributed by atoms with Crippen molar-refractivity contribution in [2.45, 2.75) is 47.5 Å². The lowest BCUT2D eigenvalue weighted by Gasteiger charge is -2.21. The van der Waals surface area contributed by atoms with Crippen LogP contribution in [0, 0.1) is 12.8 Å². The van der Waals surface area contributed by atoms with Gasteiger partial charge >= 0.3 is 0 Å². The molecule has 1 heteroatoms. The van der Waals surface area contributed by atoms with E-state index in [0.29, 0.717) is 5.92 Å². The van der Waals surface area contributed by atoms with Crippen molar-refractivity contribution in [3.05, 3.63) is 40.7 Å². The Balaban J connectivity index is 2.34. The van der Waals surface area contributed by atoms with Gasteiger partial charge in [0.05, 0.1) is 5.69 Å². The Morgan fingerprint density at radius 2 is 2.00 bits per heavy atom. The second kappa shape index (κ2) is 5.09. The number of pyridine rings is 1. The van der Waals surface area contributed by atoms with E-state index >= 15 is 0 Å². The summed E-state index contributed by atoms with van der Waals surface area (Å²) in [4.78, 5) is 4.67. The third-order valence-electron chi connectivity index (χ3n) is 3.65. The predicted octanol–water partition coefficient (Wildman–Crippen LogP) is 5.02. The minimum Gasteiger partial charge on any atom is -0.256 e. The van der Waals surface area contributed by atoms with Crippen molar-refractivity contribution in [1.82, 2.24) is 4.98 Å². The van der Waals surface area contributed by atoms with Crippen LogP contribution in [0.25, 0.3) is 11.1 Å². The highest BCUT2D eigenvalue weighted by atomic mass is 14.7. The summed E-state index contributed by atoms with van der Waals surface area (Å²) in [5, 5.41) is 0. The van der Waals surface area contributed by atoms with E-state index < -0.39 is 0 Å². The smallest absolute Gasteiger partial charge is 0.0685 e. The molecule has 96 valence electrons. The lowest BCUT2D eigenvalue weighted by atomic mass is 9.85. The monoisotopic (exact) mass is 241 g/mol. The Morgan fingerprint density at radius 1 is 1.28 bits per heavy atom. The summed E-state index contributed by atoms with van der Waals surface area (Å²) >= 11 is 0. The van der Waals surface area contributed by atoms with E-state index in [0.717, 1.165) is 5.69 Å². The van der Waals surface area contributed by atoms with Crippen molar-refractivity contribution in [2.24, 2.45) is 5.92 Å². The molecular formula is C17H23N. The van der Waals surface area contributed by atoms with Crippen LogP contribution in [-0.2, 0) is 0 Å². The number of aromatic nitrogens is 1. The number of allylic oxidation sites excluding steroid dienone is 4. The van der Waals surface area contributed by atoms with Gasteiger partial charge in [-0.05, 0) is 67.9 Å². The third kappa shape index (κ3) is 2.55. The van der Waals surface area contributed by atoms with Gasteiger partial charge in [-0.25, -0.2) is 0 Å². The fourth-order valence-electron chi connectivity index (χ4n) is 2.62. The molecule has 0 N–H and O–H groups in total. The first-order chi connectivity index (χ1) is 8.49. The van der Waals surface area contributed by atoms with Gasteiger partial charge < -0.3 is 0 Å². The summed E-state index contributed by atoms with van der Waals surface area (Å²) in [5.74, 6) is 0.572. The van der Waals surface area contributed by atoms with E-state index in [9.17, 15) is 0 Å². The zero-order chi connectivity index (χ0) is 13.3. The van der Waals surface area contributed by atoms with Crippen molar-refractivity contribution >= 4 is 11.1 Å². The van der Waals surface area contributed by atoms with Crippen LogP contribution in [0.4, 0.5) is 0 Å². The van der Waals surface area contributed by atoms with Crippen LogP contribution < -0.4 is 0 Å². The minimum absolute atomic E-state index is 0.572. The molecule has 0 saturated heterocycles. The average molecular weight is 241 g/mol. The SMILES string of the molecule is CC1=C(c2cnc(/C(C)=C\C(C)C)c(C)c2)CC1. The number of aryl methyl sites for hydroxylation is 1. The maximum Gasteiger partial charge on any atom is 0.0685 e. The Kier molecular flexibility index (Phi) is 3.70. The highest BCUT2D eigenvalue weighted by Gasteiger charge is 2.16. The molecule has 1 aliphatic carbocycles. The first-order valence-corrected chi connectivity index (χ1v) is 6.83. The Hall–Kier alpha value is -1.37. The normalized spacial score (nSPS) is 16.2. The zero-order valence-electron chi connectivity index (χ0n) is 12.2. The van der Waals surface area contributed by atoms with Crippen LogP contribution in [0.3, 0.4) is 0 Å². The van der Waals surface area contributed by atoms with Crippen LogP contribution in [-0.4, -0.2) is 4.98 Å². The molecule has 0 bridgehead atoms. The first-order valence-electron chi connectivity index (χ1n) is 6.83. The third-order valence-corrected chi connectivity index (χ3v) is 3.65. The highest BCUT2D eigenvalue weighted by Crippen LogP contribution is 2.36. The fourth-order valence-corrected chi connectivity index (χ4v) is 2.62. The molecule has 0 amide bonds. The molecule has 0 unspecified atom stereocenters. The lowest BCUT2D eigenvalue weighted by Crippen LogP contribution is -2.02. The summed E-state index contributed by atoms with van der Waals surface area (Å²) in [7, 11) is 0. The van der Waals surface area contributed by atoms with Gasteiger partial charge in [0.2, 0.25) is 0 Å². The Morgan fingerprint density at radius 3 is 2.44 bits per heavy atom. The molecule has 0 fully saturated rings. The van der Waals surface area contributed by atoms with Gasteiger partial charge in [-0.2, -0.15) is 0 Å². The van der Waals surface area contributed by atoms with Gasteiger partial charge in [0.1, 0.15) is 0 Å². The molecule has 0 radical (unpaired) electrons. The minimum atomic E-state index is 0.572. The second-order valence-corrected chi connectivity index (χ2v) is 5.74. The van der Waals surface area contributed by atoms with E-state index in [1.165, 1.54) is 40.7 Å². The van der Waals surface area contributed by atoms with Crippen molar-refractivity contribution < 1.29 is 0 Å². The molecule has 1 aromatic rings. The number of rotatable bonds is 3. The summed E-state index contributed by atoms with van der Waals surface area (Å²) < 4.78 is 0. The van der Waals surface area contributed by atoms with E-state index in [1.807, 2.05) is 6.20 Å². The molecule has 0 aromatic carbocycles. The summed E-state index contributed by atoms with van der Waals surface area (Å²) in [6, 6.07) is 2.29. The fraction of sp³-hybridized carbons (Fsp3) is 0.471. The number of hydrogen-bond acceptors (Lipinski definition) is 1. The Labute approximate surface area is 111 Å². The van der Waals surface area contributed by atoms with Crippen molar-refractivity contribution in [3.63, 3.8) is 0 Å². The molecule has 2 rings (SSSR count). The maximum atomic E-state index is 4.67. The van der Waals surface area contributed by atoms with Crippen molar-refractivity contribution in [3.8, 4) is 0 Å². The quantitative estimate of drug-likeness (QED) is 0.724. The van der Waals surface area contributed by atoms with E-state index in [-0.39, 0.29) is 0 Å². The van der Waals surface area contributed by atoms with Gasteiger partial charge in [-0.3, -0.25) is 4.98 Å². The summed E-state index contributed by atoms with van der Waals surface area (Å²) in [6.45, 7) is 11.0. The van der Waals surface area contributed by atoms with Crippen molar-refractivity contribution in [2.75, 3.05) is 0 Å². The van der Waals surface area contributed by atoms with Crippen LogP contribution >= 0.6 is 0 Å². The van der Waals surface area contributed by atoms with Crippen LogP contribution in [0.5, 0.6) is 0 Å².